The quantitative estimate of drug-likeness (QED) is 0.445. The molecule has 0 amide bonds. The summed E-state index contributed by atoms with van der Waals surface area (Å²) in [5.74, 6) is 0.527. The molecule has 6 heteroatoms. The molecule has 1 aliphatic heterocycles. The summed E-state index contributed by atoms with van der Waals surface area (Å²) in [5.41, 5.74) is 2.14. The summed E-state index contributed by atoms with van der Waals surface area (Å²) in [7, 11) is 3.43. The fourth-order valence-electron chi connectivity index (χ4n) is 3.21. The molecule has 2 N–H and O–H groups in total. The van der Waals surface area contributed by atoms with Crippen LogP contribution in [0, 0.1) is 5.82 Å². The highest BCUT2D eigenvalue weighted by atomic mass is 19.1. The number of hydrogen-bond acceptors (Lipinski definition) is 3. The first-order valence-corrected chi connectivity index (χ1v) is 9.14. The van der Waals surface area contributed by atoms with Crippen LogP contribution in [0.5, 0.6) is 0 Å². The Morgan fingerprint density at radius 3 is 2.54 bits per heavy atom. The third kappa shape index (κ3) is 6.42. The number of hydrogen-bond donors (Lipinski definition) is 2. The van der Waals surface area contributed by atoms with E-state index in [0.717, 1.165) is 44.0 Å². The van der Waals surface area contributed by atoms with E-state index in [2.05, 4.69) is 34.0 Å². The molecule has 0 saturated carbocycles. The van der Waals surface area contributed by atoms with Crippen LogP contribution < -0.4 is 10.6 Å². The van der Waals surface area contributed by atoms with Crippen molar-refractivity contribution in [1.29, 1.82) is 0 Å². The van der Waals surface area contributed by atoms with Gasteiger partial charge in [-0.3, -0.25) is 9.89 Å². The number of halogens is 1. The number of rotatable bonds is 7. The largest absolute Gasteiger partial charge is 0.375 e. The lowest BCUT2D eigenvalue weighted by Crippen LogP contribution is -2.49. The van der Waals surface area contributed by atoms with Crippen LogP contribution in [0.4, 0.5) is 4.39 Å². The van der Waals surface area contributed by atoms with E-state index in [1.807, 2.05) is 0 Å². The highest BCUT2D eigenvalue weighted by Gasteiger charge is 2.20. The van der Waals surface area contributed by atoms with E-state index in [9.17, 15) is 4.39 Å². The third-order valence-electron chi connectivity index (χ3n) is 4.63. The second-order valence-corrected chi connectivity index (χ2v) is 6.88. The van der Waals surface area contributed by atoms with Crippen molar-refractivity contribution >= 4 is 5.96 Å². The standard InChI is InChI=1S/C20H31FN4O/c1-15(2)14-25-11-9-18(10-12-25)24-20(22-3)23-13-19(26-4)16-5-7-17(21)8-6-16/h5-8,18-19H,1,9-14H2,2-4H3,(H2,22,23,24). The number of nitrogens with zero attached hydrogens (tertiary/aromatic N) is 2. The van der Waals surface area contributed by atoms with Gasteiger partial charge >= 0.3 is 0 Å². The van der Waals surface area contributed by atoms with Crippen LogP contribution in [0.25, 0.3) is 0 Å². The first-order chi connectivity index (χ1) is 12.5. The molecule has 26 heavy (non-hydrogen) atoms. The van der Waals surface area contributed by atoms with Crippen LogP contribution in [0.3, 0.4) is 0 Å². The summed E-state index contributed by atoms with van der Waals surface area (Å²) >= 11 is 0. The van der Waals surface area contributed by atoms with E-state index in [1.165, 1.54) is 17.7 Å². The van der Waals surface area contributed by atoms with Crippen molar-refractivity contribution in [2.75, 3.05) is 40.3 Å². The first-order valence-electron chi connectivity index (χ1n) is 9.14. The topological polar surface area (TPSA) is 48.9 Å². The molecule has 2 rings (SSSR count). The molecule has 0 bridgehead atoms. The summed E-state index contributed by atoms with van der Waals surface area (Å²) in [6, 6.07) is 6.81. The molecule has 1 unspecified atom stereocenters. The van der Waals surface area contributed by atoms with Gasteiger partial charge in [0, 0.05) is 46.4 Å². The highest BCUT2D eigenvalue weighted by molar-refractivity contribution is 5.80. The lowest BCUT2D eigenvalue weighted by molar-refractivity contribution is 0.106. The maximum atomic E-state index is 13.1. The van der Waals surface area contributed by atoms with Crippen molar-refractivity contribution < 1.29 is 9.13 Å². The van der Waals surface area contributed by atoms with Crippen molar-refractivity contribution in [2.45, 2.75) is 31.9 Å². The summed E-state index contributed by atoms with van der Waals surface area (Å²) < 4.78 is 18.6. The summed E-state index contributed by atoms with van der Waals surface area (Å²) in [4.78, 5) is 6.75. The molecule has 0 aromatic heterocycles. The minimum absolute atomic E-state index is 0.161. The molecule has 1 aromatic carbocycles. The number of likely N-dealkylation sites (tertiary alicyclic amines) is 1. The number of nitrogens with one attached hydrogen (secondary N) is 2. The van der Waals surface area contributed by atoms with E-state index in [4.69, 9.17) is 4.74 Å². The van der Waals surface area contributed by atoms with Crippen molar-refractivity contribution in [3.05, 3.63) is 47.8 Å². The Bertz CT molecular complexity index is 594. The molecular formula is C20H31FN4O. The monoisotopic (exact) mass is 362 g/mol. The smallest absolute Gasteiger partial charge is 0.191 e. The molecule has 1 aliphatic rings. The van der Waals surface area contributed by atoms with Gasteiger partial charge in [0.1, 0.15) is 5.82 Å². The molecule has 5 nitrogen and oxygen atoms in total. The van der Waals surface area contributed by atoms with Crippen molar-refractivity contribution in [2.24, 2.45) is 4.99 Å². The first kappa shape index (κ1) is 20.4. The molecule has 1 saturated heterocycles. The number of benzene rings is 1. The lowest BCUT2D eigenvalue weighted by atomic mass is 10.0. The van der Waals surface area contributed by atoms with Gasteiger partial charge in [0.15, 0.2) is 5.96 Å². The maximum absolute atomic E-state index is 13.1. The summed E-state index contributed by atoms with van der Waals surface area (Å²) in [6.07, 6.45) is 2.01. The fraction of sp³-hybridized carbons (Fsp3) is 0.550. The Kier molecular flexibility index (Phi) is 8.06. The molecule has 1 heterocycles. The Labute approximate surface area is 156 Å². The zero-order chi connectivity index (χ0) is 18.9. The average molecular weight is 362 g/mol. The molecule has 1 atom stereocenters. The van der Waals surface area contributed by atoms with Crippen LogP contribution >= 0.6 is 0 Å². The Hall–Kier alpha value is -1.92. The molecule has 0 aliphatic carbocycles. The number of methoxy groups -OCH3 is 1. The Morgan fingerprint density at radius 2 is 2.00 bits per heavy atom. The van der Waals surface area contributed by atoms with Gasteiger partial charge in [-0.2, -0.15) is 0 Å². The van der Waals surface area contributed by atoms with Crippen LogP contribution in [0.1, 0.15) is 31.4 Å². The molecule has 0 radical (unpaired) electrons. The zero-order valence-electron chi connectivity index (χ0n) is 16.1. The van der Waals surface area contributed by atoms with Gasteiger partial charge < -0.3 is 15.4 Å². The van der Waals surface area contributed by atoms with Crippen LogP contribution in [-0.4, -0.2) is 57.2 Å². The highest BCUT2D eigenvalue weighted by Crippen LogP contribution is 2.16. The molecule has 0 spiro atoms. The molecule has 1 aromatic rings. The van der Waals surface area contributed by atoms with Crippen LogP contribution in [0.15, 0.2) is 41.4 Å². The fourth-order valence-corrected chi connectivity index (χ4v) is 3.21. The van der Waals surface area contributed by atoms with Gasteiger partial charge in [0.25, 0.3) is 0 Å². The molecule has 144 valence electrons. The molecule has 1 fully saturated rings. The van der Waals surface area contributed by atoms with E-state index >= 15 is 0 Å². The van der Waals surface area contributed by atoms with Gasteiger partial charge in [-0.25, -0.2) is 4.39 Å². The van der Waals surface area contributed by atoms with Crippen molar-refractivity contribution in [1.82, 2.24) is 15.5 Å². The van der Waals surface area contributed by atoms with Crippen molar-refractivity contribution in [3.8, 4) is 0 Å². The SMILES string of the molecule is C=C(C)CN1CCC(NC(=NC)NCC(OC)c2ccc(F)cc2)CC1. The minimum atomic E-state index is -0.243. The van der Waals surface area contributed by atoms with E-state index < -0.39 is 0 Å². The number of guanidine groups is 1. The number of ether oxygens (including phenoxy) is 1. The van der Waals surface area contributed by atoms with Crippen molar-refractivity contribution in [3.63, 3.8) is 0 Å². The number of piperidine rings is 1. The minimum Gasteiger partial charge on any atom is -0.375 e. The second kappa shape index (κ2) is 10.3. The Balaban J connectivity index is 1.80. The summed E-state index contributed by atoms with van der Waals surface area (Å²) in [6.45, 7) is 9.74. The van der Waals surface area contributed by atoms with Gasteiger partial charge in [0.2, 0.25) is 0 Å². The van der Waals surface area contributed by atoms with Gasteiger partial charge in [-0.15, -0.1) is 0 Å². The molecular weight excluding hydrogens is 331 g/mol. The lowest BCUT2D eigenvalue weighted by Gasteiger charge is -2.33. The third-order valence-corrected chi connectivity index (χ3v) is 4.63. The predicted molar refractivity (Wildman–Crippen MR) is 105 cm³/mol. The van der Waals surface area contributed by atoms with Crippen LogP contribution in [-0.2, 0) is 4.74 Å². The number of aliphatic imine (C=N–C) groups is 1. The maximum Gasteiger partial charge on any atom is 0.191 e. The zero-order valence-corrected chi connectivity index (χ0v) is 16.1. The summed E-state index contributed by atoms with van der Waals surface area (Å²) in [5, 5.41) is 6.81. The normalized spacial score (nSPS) is 17.8. The van der Waals surface area contributed by atoms with Gasteiger partial charge in [-0.05, 0) is 37.5 Å². The van der Waals surface area contributed by atoms with Gasteiger partial charge in [-0.1, -0.05) is 24.3 Å². The average Bonchev–Trinajstić information content (AvgIpc) is 2.63. The Morgan fingerprint density at radius 1 is 1.35 bits per heavy atom. The predicted octanol–water partition coefficient (Wildman–Crippen LogP) is 2.72. The van der Waals surface area contributed by atoms with E-state index in [1.54, 1.807) is 26.3 Å². The second-order valence-electron chi connectivity index (χ2n) is 6.88. The van der Waals surface area contributed by atoms with E-state index in [0.29, 0.717) is 12.6 Å². The van der Waals surface area contributed by atoms with E-state index in [-0.39, 0.29) is 11.9 Å². The van der Waals surface area contributed by atoms with Crippen LogP contribution in [0.2, 0.25) is 0 Å². The van der Waals surface area contributed by atoms with Gasteiger partial charge in [0.05, 0.1) is 6.10 Å².